The number of morpholine rings is 1. The Labute approximate surface area is 142 Å². The molecule has 0 aliphatic carbocycles. The van der Waals surface area contributed by atoms with E-state index in [0.29, 0.717) is 5.92 Å². The minimum absolute atomic E-state index is 0.646. The quantitative estimate of drug-likeness (QED) is 0.924. The van der Waals surface area contributed by atoms with E-state index < -0.39 is 0 Å². The van der Waals surface area contributed by atoms with Crippen LogP contribution in [0, 0.1) is 5.92 Å². The maximum absolute atomic E-state index is 5.84. The van der Waals surface area contributed by atoms with Gasteiger partial charge in [0.25, 0.3) is 0 Å². The van der Waals surface area contributed by atoms with Gasteiger partial charge in [0.2, 0.25) is 0 Å². The highest BCUT2D eigenvalue weighted by molar-refractivity contribution is 5.91. The number of rotatable bonds is 3. The number of pyridine rings is 2. The Morgan fingerprint density at radius 2 is 1.92 bits per heavy atom. The van der Waals surface area contributed by atoms with Gasteiger partial charge in [-0.3, -0.25) is 4.98 Å². The lowest BCUT2D eigenvalue weighted by molar-refractivity contribution is 0.122. The van der Waals surface area contributed by atoms with Crippen molar-refractivity contribution < 1.29 is 4.74 Å². The SMILES string of the molecule is NCC1CCN(c2nc(N3CCOCC3)cc3ncccc23)CC1. The molecule has 4 rings (SSSR count). The molecule has 0 atom stereocenters. The van der Waals surface area contributed by atoms with Gasteiger partial charge in [0, 0.05) is 43.8 Å². The molecule has 0 saturated carbocycles. The summed E-state index contributed by atoms with van der Waals surface area (Å²) in [7, 11) is 0. The number of hydrogen-bond acceptors (Lipinski definition) is 6. The van der Waals surface area contributed by atoms with Gasteiger partial charge >= 0.3 is 0 Å². The molecule has 2 fully saturated rings. The highest BCUT2D eigenvalue weighted by atomic mass is 16.5. The molecule has 2 aliphatic rings. The molecule has 2 aromatic rings. The minimum Gasteiger partial charge on any atom is -0.378 e. The summed E-state index contributed by atoms with van der Waals surface area (Å²) in [6, 6.07) is 6.23. The molecule has 128 valence electrons. The fourth-order valence-electron chi connectivity index (χ4n) is 3.62. The molecular formula is C18H25N5O. The van der Waals surface area contributed by atoms with Crippen molar-refractivity contribution in [2.45, 2.75) is 12.8 Å². The number of anilines is 2. The summed E-state index contributed by atoms with van der Waals surface area (Å²) in [4.78, 5) is 14.3. The lowest BCUT2D eigenvalue weighted by Gasteiger charge is -2.34. The molecular weight excluding hydrogens is 302 g/mol. The highest BCUT2D eigenvalue weighted by Crippen LogP contribution is 2.31. The number of ether oxygens (including phenoxy) is 1. The van der Waals surface area contributed by atoms with Gasteiger partial charge in [0.05, 0.1) is 18.7 Å². The standard InChI is InChI=1S/C18H25N5O/c19-13-14-3-6-23(7-4-14)18-15-2-1-5-20-16(15)12-17(21-18)22-8-10-24-11-9-22/h1-2,5,12,14H,3-4,6-11,13,19H2. The van der Waals surface area contributed by atoms with Crippen molar-refractivity contribution in [2.75, 3.05) is 55.7 Å². The van der Waals surface area contributed by atoms with Gasteiger partial charge in [0.1, 0.15) is 11.6 Å². The maximum Gasteiger partial charge on any atom is 0.140 e. The van der Waals surface area contributed by atoms with E-state index in [1.54, 1.807) is 0 Å². The second-order valence-electron chi connectivity index (χ2n) is 6.64. The minimum atomic E-state index is 0.646. The first-order valence-electron chi connectivity index (χ1n) is 8.88. The molecule has 0 aromatic carbocycles. The Morgan fingerprint density at radius 3 is 2.67 bits per heavy atom. The van der Waals surface area contributed by atoms with E-state index >= 15 is 0 Å². The van der Waals surface area contributed by atoms with E-state index in [1.807, 2.05) is 12.3 Å². The number of nitrogens with zero attached hydrogens (tertiary/aromatic N) is 4. The predicted molar refractivity (Wildman–Crippen MR) is 96.6 cm³/mol. The maximum atomic E-state index is 5.84. The summed E-state index contributed by atoms with van der Waals surface area (Å²) in [5, 5.41) is 1.14. The van der Waals surface area contributed by atoms with Gasteiger partial charge in [-0.2, -0.15) is 0 Å². The molecule has 6 nitrogen and oxygen atoms in total. The van der Waals surface area contributed by atoms with Crippen LogP contribution in [0.3, 0.4) is 0 Å². The summed E-state index contributed by atoms with van der Waals surface area (Å²) in [5.74, 6) is 2.73. The Morgan fingerprint density at radius 1 is 1.12 bits per heavy atom. The van der Waals surface area contributed by atoms with Crippen LogP contribution in [0.5, 0.6) is 0 Å². The molecule has 0 bridgehead atoms. The van der Waals surface area contributed by atoms with Crippen LogP contribution < -0.4 is 15.5 Å². The van der Waals surface area contributed by atoms with Gasteiger partial charge in [-0.1, -0.05) is 0 Å². The lowest BCUT2D eigenvalue weighted by atomic mass is 9.97. The van der Waals surface area contributed by atoms with Crippen LogP contribution in [-0.2, 0) is 4.74 Å². The average Bonchev–Trinajstić information content (AvgIpc) is 2.68. The zero-order valence-corrected chi connectivity index (χ0v) is 14.0. The molecule has 0 amide bonds. The van der Waals surface area contributed by atoms with Crippen molar-refractivity contribution >= 4 is 22.5 Å². The largest absolute Gasteiger partial charge is 0.378 e. The number of fused-ring (bicyclic) bond motifs is 1. The Balaban J connectivity index is 1.70. The Bertz CT molecular complexity index is 693. The first-order valence-corrected chi connectivity index (χ1v) is 8.88. The topological polar surface area (TPSA) is 67.5 Å². The fraction of sp³-hybridized carbons (Fsp3) is 0.556. The normalized spacial score (nSPS) is 19.9. The summed E-state index contributed by atoms with van der Waals surface area (Å²) in [6.07, 6.45) is 4.14. The van der Waals surface area contributed by atoms with E-state index in [1.165, 1.54) is 0 Å². The van der Waals surface area contributed by atoms with E-state index in [4.69, 9.17) is 15.5 Å². The van der Waals surface area contributed by atoms with Crippen molar-refractivity contribution in [1.82, 2.24) is 9.97 Å². The first-order chi connectivity index (χ1) is 11.8. The van der Waals surface area contributed by atoms with Crippen molar-refractivity contribution in [3.05, 3.63) is 24.4 Å². The van der Waals surface area contributed by atoms with E-state index in [9.17, 15) is 0 Å². The van der Waals surface area contributed by atoms with Crippen LogP contribution >= 0.6 is 0 Å². The number of piperidine rings is 1. The lowest BCUT2D eigenvalue weighted by Crippen LogP contribution is -2.38. The van der Waals surface area contributed by atoms with Gasteiger partial charge in [-0.05, 0) is 37.4 Å². The molecule has 0 unspecified atom stereocenters. The van der Waals surface area contributed by atoms with Crippen molar-refractivity contribution in [3.8, 4) is 0 Å². The molecule has 2 aliphatic heterocycles. The molecule has 0 radical (unpaired) electrons. The zero-order valence-electron chi connectivity index (χ0n) is 14.0. The zero-order chi connectivity index (χ0) is 16.4. The van der Waals surface area contributed by atoms with Crippen LogP contribution in [0.4, 0.5) is 11.6 Å². The molecule has 4 heterocycles. The second kappa shape index (κ2) is 6.91. The van der Waals surface area contributed by atoms with Crippen LogP contribution in [-0.4, -0.2) is 55.9 Å². The molecule has 2 N–H and O–H groups in total. The van der Waals surface area contributed by atoms with Crippen LogP contribution in [0.1, 0.15) is 12.8 Å². The third-order valence-electron chi connectivity index (χ3n) is 5.15. The Kier molecular flexibility index (Phi) is 4.49. The van der Waals surface area contributed by atoms with Crippen molar-refractivity contribution in [2.24, 2.45) is 11.7 Å². The third-order valence-corrected chi connectivity index (χ3v) is 5.15. The van der Waals surface area contributed by atoms with Gasteiger partial charge in [-0.25, -0.2) is 4.98 Å². The summed E-state index contributed by atoms with van der Waals surface area (Å²) >= 11 is 0. The van der Waals surface area contributed by atoms with E-state index in [-0.39, 0.29) is 0 Å². The van der Waals surface area contributed by atoms with E-state index in [2.05, 4.69) is 26.9 Å². The monoisotopic (exact) mass is 327 g/mol. The van der Waals surface area contributed by atoms with Crippen LogP contribution in [0.25, 0.3) is 10.9 Å². The number of nitrogens with two attached hydrogens (primary N) is 1. The molecule has 2 saturated heterocycles. The molecule has 6 heteroatoms. The first kappa shape index (κ1) is 15.6. The van der Waals surface area contributed by atoms with Gasteiger partial charge in [-0.15, -0.1) is 0 Å². The van der Waals surface area contributed by atoms with E-state index in [0.717, 1.165) is 81.3 Å². The number of aromatic nitrogens is 2. The summed E-state index contributed by atoms with van der Waals surface area (Å²) in [6.45, 7) is 6.13. The van der Waals surface area contributed by atoms with Gasteiger partial charge in [0.15, 0.2) is 0 Å². The van der Waals surface area contributed by atoms with Crippen molar-refractivity contribution in [3.63, 3.8) is 0 Å². The molecule has 0 spiro atoms. The summed E-state index contributed by atoms with van der Waals surface area (Å²) < 4.78 is 5.47. The van der Waals surface area contributed by atoms with Crippen LogP contribution in [0.2, 0.25) is 0 Å². The average molecular weight is 327 g/mol. The number of hydrogen-bond donors (Lipinski definition) is 1. The third kappa shape index (κ3) is 3.03. The smallest absolute Gasteiger partial charge is 0.140 e. The summed E-state index contributed by atoms with van der Waals surface area (Å²) in [5.41, 5.74) is 6.86. The Hall–Kier alpha value is -1.92. The van der Waals surface area contributed by atoms with Crippen molar-refractivity contribution in [1.29, 1.82) is 0 Å². The highest BCUT2D eigenvalue weighted by Gasteiger charge is 2.23. The predicted octanol–water partition coefficient (Wildman–Crippen LogP) is 1.64. The molecule has 2 aromatic heterocycles. The van der Waals surface area contributed by atoms with Gasteiger partial charge < -0.3 is 20.3 Å². The van der Waals surface area contributed by atoms with Crippen LogP contribution in [0.15, 0.2) is 24.4 Å². The fourth-order valence-corrected chi connectivity index (χ4v) is 3.62. The second-order valence-corrected chi connectivity index (χ2v) is 6.64. The molecule has 24 heavy (non-hydrogen) atoms.